The van der Waals surface area contributed by atoms with Crippen molar-refractivity contribution in [2.75, 3.05) is 22.5 Å². The Balaban J connectivity index is 1.33. The van der Waals surface area contributed by atoms with E-state index in [2.05, 4.69) is 20.6 Å². The molecule has 0 radical (unpaired) electrons. The number of carbonyl (C=O) groups is 2. The third-order valence-corrected chi connectivity index (χ3v) is 5.63. The van der Waals surface area contributed by atoms with Crippen LogP contribution in [-0.2, 0) is 14.3 Å². The quantitative estimate of drug-likeness (QED) is 0.366. The highest BCUT2D eigenvalue weighted by Gasteiger charge is 2.42. The van der Waals surface area contributed by atoms with Crippen LogP contribution < -0.4 is 16.0 Å². The lowest BCUT2D eigenvalue weighted by Gasteiger charge is -2.36. The molecule has 0 aliphatic carbocycles. The number of benzene rings is 1. The maximum Gasteiger partial charge on any atom is 0.260 e. The summed E-state index contributed by atoms with van der Waals surface area (Å²) in [5.74, 6) is -0.931. The fourth-order valence-corrected chi connectivity index (χ4v) is 3.88. The molecule has 3 atom stereocenters. The Morgan fingerprint density at radius 3 is 2.97 bits per heavy atom. The lowest BCUT2D eigenvalue weighted by Crippen LogP contribution is -2.58. The number of morpholine rings is 1. The molecule has 4 heterocycles. The number of nitrogens with one attached hydrogen (secondary N) is 1. The van der Waals surface area contributed by atoms with Gasteiger partial charge in [0.1, 0.15) is 11.8 Å². The Morgan fingerprint density at radius 1 is 1.33 bits per heavy atom. The number of nitrogen functional groups attached to an aromatic ring is 1. The van der Waals surface area contributed by atoms with Crippen molar-refractivity contribution in [3.05, 3.63) is 54.5 Å². The summed E-state index contributed by atoms with van der Waals surface area (Å²) in [6, 6.07) is 11.5. The highest BCUT2D eigenvalue weighted by Crippen LogP contribution is 2.25. The maximum atomic E-state index is 13.2. The molecule has 1 aliphatic heterocycles. The largest absolute Gasteiger partial charge is 0.380 e. The second kappa shape index (κ2) is 9.10. The lowest BCUT2D eigenvalue weighted by atomic mass is 10.1. The Hall–Kier alpha value is -4.80. The van der Waals surface area contributed by atoms with E-state index >= 15 is 0 Å². The van der Waals surface area contributed by atoms with Crippen molar-refractivity contribution < 1.29 is 24.0 Å². The van der Waals surface area contributed by atoms with Crippen molar-refractivity contribution in [1.82, 2.24) is 19.9 Å². The van der Waals surface area contributed by atoms with Crippen molar-refractivity contribution in [3.63, 3.8) is 0 Å². The van der Waals surface area contributed by atoms with Gasteiger partial charge in [0.05, 0.1) is 23.7 Å². The average molecular weight is 488 g/mol. The first kappa shape index (κ1) is 23.0. The minimum atomic E-state index is -1.79. The predicted molar refractivity (Wildman–Crippen MR) is 126 cm³/mol. The Kier molecular flexibility index (Phi) is 5.80. The van der Waals surface area contributed by atoms with E-state index in [-0.39, 0.29) is 18.1 Å². The van der Waals surface area contributed by atoms with Gasteiger partial charge in [0, 0.05) is 36.3 Å². The highest BCUT2D eigenvalue weighted by atomic mass is 16.5. The fraction of sp³-hybridized carbons (Fsp3) is 0.217. The molecule has 0 bridgehead atoms. The number of anilines is 3. The zero-order valence-electron chi connectivity index (χ0n) is 18.9. The monoisotopic (exact) mass is 488 g/mol. The number of rotatable bonds is 5. The smallest absolute Gasteiger partial charge is 0.260 e. The van der Waals surface area contributed by atoms with Gasteiger partial charge < -0.3 is 25.4 Å². The van der Waals surface area contributed by atoms with Crippen molar-refractivity contribution in [2.45, 2.75) is 25.2 Å². The number of nitriles is 1. The fourth-order valence-electron chi connectivity index (χ4n) is 3.88. The van der Waals surface area contributed by atoms with Gasteiger partial charge in [-0.3, -0.25) is 14.5 Å². The van der Waals surface area contributed by atoms with Crippen LogP contribution in [0.25, 0.3) is 16.7 Å². The number of hydrogen-bond acceptors (Lipinski definition) is 10. The minimum Gasteiger partial charge on any atom is -0.380 e. The normalized spacial score (nSPS) is 18.7. The molecular formula is C23H20N8O5. The zero-order chi connectivity index (χ0) is 25.4. The number of hydrogen-bond donors (Lipinski definition) is 3. The molecular weight excluding hydrogens is 468 g/mol. The number of carbonyl (C=O) groups excluding carboxylic acids is 2. The van der Waals surface area contributed by atoms with E-state index < -0.39 is 30.1 Å². The van der Waals surface area contributed by atoms with Gasteiger partial charge in [-0.1, -0.05) is 5.16 Å². The van der Waals surface area contributed by atoms with Gasteiger partial charge in [0.15, 0.2) is 29.4 Å². The standard InChI is InChI=1S/C23H20N8O5/c1-12-11-30(18-5-7-31(28-18)15-4-6-26-14(8-15)10-24)23(34)20(35-12)19(32)22(33)27-13-2-3-16-17(9-13)36-29-21(16)25/h2-9,12,19-20,32H,11H2,1H3,(H2,25,29)(H,27,33)/t12-,19-,20-/m1/s1. The number of nitrogens with two attached hydrogens (primary N) is 1. The zero-order valence-corrected chi connectivity index (χ0v) is 18.9. The summed E-state index contributed by atoms with van der Waals surface area (Å²) >= 11 is 0. The molecule has 5 rings (SSSR count). The molecule has 4 aromatic rings. The predicted octanol–water partition coefficient (Wildman–Crippen LogP) is 0.982. The summed E-state index contributed by atoms with van der Waals surface area (Å²) in [6.07, 6.45) is -0.616. The van der Waals surface area contributed by atoms with Crippen LogP contribution in [0.1, 0.15) is 12.6 Å². The van der Waals surface area contributed by atoms with Gasteiger partial charge in [-0.05, 0) is 25.1 Å². The maximum absolute atomic E-state index is 13.2. The molecule has 1 aromatic carbocycles. The second-order valence-corrected chi connectivity index (χ2v) is 8.16. The van der Waals surface area contributed by atoms with Crippen LogP contribution >= 0.6 is 0 Å². The van der Waals surface area contributed by atoms with E-state index in [9.17, 15) is 14.7 Å². The van der Waals surface area contributed by atoms with Crippen molar-refractivity contribution >= 4 is 40.1 Å². The number of amides is 2. The first-order chi connectivity index (χ1) is 17.3. The lowest BCUT2D eigenvalue weighted by molar-refractivity contribution is -0.156. The van der Waals surface area contributed by atoms with Crippen LogP contribution in [0.5, 0.6) is 0 Å². The molecule has 182 valence electrons. The summed E-state index contributed by atoms with van der Waals surface area (Å²) in [6.45, 7) is 1.89. The Labute approximate surface area is 203 Å². The van der Waals surface area contributed by atoms with Gasteiger partial charge in [-0.15, -0.1) is 5.10 Å². The van der Waals surface area contributed by atoms with Crippen molar-refractivity contribution in [3.8, 4) is 11.8 Å². The van der Waals surface area contributed by atoms with Gasteiger partial charge >= 0.3 is 0 Å². The molecule has 4 N–H and O–H groups in total. The summed E-state index contributed by atoms with van der Waals surface area (Å²) < 4.78 is 12.2. The highest BCUT2D eigenvalue weighted by molar-refractivity contribution is 6.04. The van der Waals surface area contributed by atoms with Crippen LogP contribution in [0, 0.1) is 11.3 Å². The van der Waals surface area contributed by atoms with Gasteiger partial charge in [0.25, 0.3) is 11.8 Å². The third kappa shape index (κ3) is 4.22. The van der Waals surface area contributed by atoms with Crippen LogP contribution in [0.4, 0.5) is 17.3 Å². The number of nitrogens with zero attached hydrogens (tertiary/aromatic N) is 6. The topological polar surface area (TPSA) is 185 Å². The van der Waals surface area contributed by atoms with Crippen LogP contribution in [0.15, 0.2) is 53.3 Å². The molecule has 3 aromatic heterocycles. The van der Waals surface area contributed by atoms with E-state index in [1.54, 1.807) is 43.5 Å². The number of ether oxygens (including phenoxy) is 1. The van der Waals surface area contributed by atoms with E-state index in [4.69, 9.17) is 20.3 Å². The Morgan fingerprint density at radius 2 is 2.17 bits per heavy atom. The number of aromatic nitrogens is 4. The number of pyridine rings is 1. The van der Waals surface area contributed by atoms with Gasteiger partial charge in [-0.2, -0.15) is 5.26 Å². The summed E-state index contributed by atoms with van der Waals surface area (Å²) in [4.78, 5) is 31.3. The van der Waals surface area contributed by atoms with E-state index in [1.807, 2.05) is 6.07 Å². The molecule has 0 saturated carbocycles. The summed E-state index contributed by atoms with van der Waals surface area (Å²) in [5.41, 5.74) is 7.19. The molecule has 13 nitrogen and oxygen atoms in total. The van der Waals surface area contributed by atoms with Crippen LogP contribution in [0.3, 0.4) is 0 Å². The molecule has 2 amide bonds. The number of fused-ring (bicyclic) bond motifs is 1. The molecule has 36 heavy (non-hydrogen) atoms. The molecule has 1 aliphatic rings. The molecule has 1 saturated heterocycles. The first-order valence-electron chi connectivity index (χ1n) is 10.9. The number of aliphatic hydroxyl groups excluding tert-OH is 1. The molecule has 0 unspecified atom stereocenters. The average Bonchev–Trinajstić information content (AvgIpc) is 3.52. The van der Waals surface area contributed by atoms with Crippen molar-refractivity contribution in [1.29, 1.82) is 5.26 Å². The van der Waals surface area contributed by atoms with E-state index in [0.29, 0.717) is 28.2 Å². The van der Waals surface area contributed by atoms with Gasteiger partial charge in [0.2, 0.25) is 0 Å². The summed E-state index contributed by atoms with van der Waals surface area (Å²) in [7, 11) is 0. The van der Waals surface area contributed by atoms with E-state index in [0.717, 1.165) is 0 Å². The molecule has 13 heteroatoms. The van der Waals surface area contributed by atoms with E-state index in [1.165, 1.54) is 21.8 Å². The first-order valence-corrected chi connectivity index (χ1v) is 10.9. The molecule has 0 spiro atoms. The second-order valence-electron chi connectivity index (χ2n) is 8.16. The van der Waals surface area contributed by atoms with Crippen LogP contribution in [0.2, 0.25) is 0 Å². The third-order valence-electron chi connectivity index (χ3n) is 5.63. The Bertz CT molecular complexity index is 1510. The summed E-state index contributed by atoms with van der Waals surface area (Å²) in [5, 5.41) is 31.0. The van der Waals surface area contributed by atoms with Crippen LogP contribution in [-0.4, -0.2) is 61.7 Å². The van der Waals surface area contributed by atoms with Gasteiger partial charge in [-0.25, -0.2) is 9.67 Å². The molecule has 1 fully saturated rings. The SMILES string of the molecule is C[C@@H]1CN(c2ccn(-c3ccnc(C#N)c3)n2)C(=O)[C@@H]([C@@H](O)C(=O)Nc2ccc3c(N)noc3c2)O1. The van der Waals surface area contributed by atoms with Crippen molar-refractivity contribution in [2.24, 2.45) is 0 Å². The number of aliphatic hydroxyl groups is 1. The minimum absolute atomic E-state index is 0.171.